The van der Waals surface area contributed by atoms with Gasteiger partial charge in [-0.05, 0) is 24.3 Å². The minimum Gasteiger partial charge on any atom is -0.391 e. The molecule has 2 rings (SSSR count). The molecule has 1 aliphatic heterocycles. The van der Waals surface area contributed by atoms with Crippen molar-refractivity contribution in [3.05, 3.63) is 17.5 Å². The molecule has 1 aliphatic rings. The minimum atomic E-state index is -0.421. The van der Waals surface area contributed by atoms with E-state index in [1.165, 1.54) is 0 Å². The standard InChI is InChI=1S/C14H23N3O2/c1-9(2)11-7-12(16(4)15-11)14(19)17-6-5-10(3)13(18)8-17/h7,9-10,13,18H,5-6,8H2,1-4H3. The number of amides is 1. The highest BCUT2D eigenvalue weighted by Gasteiger charge is 2.29. The Labute approximate surface area is 114 Å². The molecule has 2 atom stereocenters. The van der Waals surface area contributed by atoms with Crippen molar-refractivity contribution in [2.75, 3.05) is 13.1 Å². The topological polar surface area (TPSA) is 58.4 Å². The Morgan fingerprint density at radius 1 is 1.53 bits per heavy atom. The van der Waals surface area contributed by atoms with Gasteiger partial charge in [0.1, 0.15) is 5.69 Å². The molecule has 1 amide bonds. The molecule has 2 unspecified atom stereocenters. The van der Waals surface area contributed by atoms with E-state index in [4.69, 9.17) is 0 Å². The Morgan fingerprint density at radius 3 is 2.74 bits per heavy atom. The van der Waals surface area contributed by atoms with Crippen LogP contribution in [0.3, 0.4) is 0 Å². The third-order valence-corrected chi connectivity index (χ3v) is 3.92. The molecule has 106 valence electrons. The van der Waals surface area contributed by atoms with Gasteiger partial charge < -0.3 is 10.0 Å². The predicted molar refractivity (Wildman–Crippen MR) is 73.0 cm³/mol. The van der Waals surface area contributed by atoms with Gasteiger partial charge in [-0.15, -0.1) is 0 Å². The lowest BCUT2D eigenvalue weighted by Crippen LogP contribution is -2.46. The summed E-state index contributed by atoms with van der Waals surface area (Å²) in [7, 11) is 1.79. The third kappa shape index (κ3) is 2.81. The largest absolute Gasteiger partial charge is 0.391 e. The van der Waals surface area contributed by atoms with E-state index < -0.39 is 6.10 Å². The molecule has 0 saturated carbocycles. The van der Waals surface area contributed by atoms with Crippen LogP contribution in [0.1, 0.15) is 49.3 Å². The molecule has 0 spiro atoms. The molecule has 1 saturated heterocycles. The maximum absolute atomic E-state index is 12.5. The number of hydrogen-bond acceptors (Lipinski definition) is 3. The SMILES string of the molecule is CC(C)c1cc(C(=O)N2CCC(C)C(O)C2)n(C)n1. The van der Waals surface area contributed by atoms with E-state index in [0.717, 1.165) is 12.1 Å². The van der Waals surface area contributed by atoms with Gasteiger partial charge in [0, 0.05) is 20.1 Å². The quantitative estimate of drug-likeness (QED) is 0.879. The van der Waals surface area contributed by atoms with Crippen molar-refractivity contribution in [2.45, 2.75) is 39.2 Å². The zero-order valence-electron chi connectivity index (χ0n) is 12.1. The van der Waals surface area contributed by atoms with Crippen molar-refractivity contribution in [3.63, 3.8) is 0 Å². The van der Waals surface area contributed by atoms with E-state index in [0.29, 0.717) is 24.7 Å². The molecule has 5 nitrogen and oxygen atoms in total. The summed E-state index contributed by atoms with van der Waals surface area (Å²) in [5.41, 5.74) is 1.53. The molecule has 1 aromatic heterocycles. The molecule has 19 heavy (non-hydrogen) atoms. The first-order valence-corrected chi connectivity index (χ1v) is 6.91. The first-order chi connectivity index (χ1) is 8.90. The normalized spacial score (nSPS) is 24.0. The van der Waals surface area contributed by atoms with Crippen LogP contribution in [0, 0.1) is 5.92 Å². The smallest absolute Gasteiger partial charge is 0.272 e. The first-order valence-electron chi connectivity index (χ1n) is 6.91. The maximum atomic E-state index is 12.5. The van der Waals surface area contributed by atoms with Crippen LogP contribution in [0.4, 0.5) is 0 Å². The lowest BCUT2D eigenvalue weighted by atomic mass is 9.96. The summed E-state index contributed by atoms with van der Waals surface area (Å²) in [5, 5.41) is 14.3. The zero-order chi connectivity index (χ0) is 14.2. The van der Waals surface area contributed by atoms with Gasteiger partial charge in [-0.2, -0.15) is 5.10 Å². The van der Waals surface area contributed by atoms with E-state index in [1.54, 1.807) is 16.6 Å². The van der Waals surface area contributed by atoms with Crippen LogP contribution in [0.5, 0.6) is 0 Å². The van der Waals surface area contributed by atoms with Crippen LogP contribution in [0.2, 0.25) is 0 Å². The molecule has 0 aromatic carbocycles. The van der Waals surface area contributed by atoms with E-state index in [1.807, 2.05) is 13.0 Å². The molecular formula is C14H23N3O2. The monoisotopic (exact) mass is 265 g/mol. The molecule has 5 heteroatoms. The number of nitrogens with zero attached hydrogens (tertiary/aromatic N) is 3. The average molecular weight is 265 g/mol. The van der Waals surface area contributed by atoms with Gasteiger partial charge in [-0.1, -0.05) is 20.8 Å². The number of aryl methyl sites for hydroxylation is 1. The summed E-state index contributed by atoms with van der Waals surface area (Å²) in [4.78, 5) is 14.2. The maximum Gasteiger partial charge on any atom is 0.272 e. The van der Waals surface area contributed by atoms with Crippen LogP contribution >= 0.6 is 0 Å². The third-order valence-electron chi connectivity index (χ3n) is 3.92. The van der Waals surface area contributed by atoms with E-state index >= 15 is 0 Å². The fourth-order valence-electron chi connectivity index (χ4n) is 2.37. The van der Waals surface area contributed by atoms with Crippen molar-refractivity contribution in [2.24, 2.45) is 13.0 Å². The minimum absolute atomic E-state index is 0.0344. The Morgan fingerprint density at radius 2 is 2.21 bits per heavy atom. The first kappa shape index (κ1) is 14.1. The molecule has 1 N–H and O–H groups in total. The molecule has 0 radical (unpaired) electrons. The summed E-state index contributed by atoms with van der Waals surface area (Å²) in [6, 6.07) is 1.86. The van der Waals surface area contributed by atoms with Crippen LogP contribution < -0.4 is 0 Å². The fourth-order valence-corrected chi connectivity index (χ4v) is 2.37. The number of rotatable bonds is 2. The number of aliphatic hydroxyl groups is 1. The zero-order valence-corrected chi connectivity index (χ0v) is 12.1. The summed E-state index contributed by atoms with van der Waals surface area (Å²) in [6.45, 7) is 7.26. The molecule has 1 aromatic rings. The van der Waals surface area contributed by atoms with Crippen LogP contribution in [0.25, 0.3) is 0 Å². The van der Waals surface area contributed by atoms with E-state index in [9.17, 15) is 9.90 Å². The van der Waals surface area contributed by atoms with Gasteiger partial charge in [-0.3, -0.25) is 9.48 Å². The van der Waals surface area contributed by atoms with Gasteiger partial charge >= 0.3 is 0 Å². The van der Waals surface area contributed by atoms with Crippen LogP contribution in [-0.2, 0) is 7.05 Å². The Hall–Kier alpha value is -1.36. The molecule has 1 fully saturated rings. The van der Waals surface area contributed by atoms with Gasteiger partial charge in [0.05, 0.1) is 11.8 Å². The number of carbonyl (C=O) groups excluding carboxylic acids is 1. The van der Waals surface area contributed by atoms with Crippen LogP contribution in [-0.4, -0.2) is 44.9 Å². The molecule has 0 aliphatic carbocycles. The number of aliphatic hydroxyl groups excluding tert-OH is 1. The second-order valence-electron chi connectivity index (χ2n) is 5.82. The van der Waals surface area contributed by atoms with Crippen molar-refractivity contribution >= 4 is 5.91 Å². The fraction of sp³-hybridized carbons (Fsp3) is 0.714. The summed E-state index contributed by atoms with van der Waals surface area (Å²) in [6.07, 6.45) is 0.428. The Kier molecular flexibility index (Phi) is 3.94. The molecule has 0 bridgehead atoms. The summed E-state index contributed by atoms with van der Waals surface area (Å²) in [5.74, 6) is 0.536. The van der Waals surface area contributed by atoms with Gasteiger partial charge in [0.2, 0.25) is 0 Å². The number of hydrogen-bond donors (Lipinski definition) is 1. The Balaban J connectivity index is 2.16. The van der Waals surface area contributed by atoms with Gasteiger partial charge in [0.15, 0.2) is 0 Å². The second-order valence-corrected chi connectivity index (χ2v) is 5.82. The van der Waals surface area contributed by atoms with Crippen molar-refractivity contribution in [3.8, 4) is 0 Å². The molecule has 2 heterocycles. The number of likely N-dealkylation sites (tertiary alicyclic amines) is 1. The highest BCUT2D eigenvalue weighted by Crippen LogP contribution is 2.20. The number of β-amino-alcohol motifs (C(OH)–C–C–N with tert-alkyl or cyclic N) is 1. The van der Waals surface area contributed by atoms with Crippen molar-refractivity contribution < 1.29 is 9.90 Å². The van der Waals surface area contributed by atoms with Crippen molar-refractivity contribution in [1.82, 2.24) is 14.7 Å². The number of piperidine rings is 1. The summed E-state index contributed by atoms with van der Waals surface area (Å²) < 4.78 is 1.64. The average Bonchev–Trinajstić information content (AvgIpc) is 2.74. The number of carbonyl (C=O) groups is 1. The highest BCUT2D eigenvalue weighted by atomic mass is 16.3. The number of aromatic nitrogens is 2. The van der Waals surface area contributed by atoms with Gasteiger partial charge in [-0.25, -0.2) is 0 Å². The second kappa shape index (κ2) is 5.33. The Bertz CT molecular complexity index is 467. The van der Waals surface area contributed by atoms with Crippen LogP contribution in [0.15, 0.2) is 6.07 Å². The summed E-state index contributed by atoms with van der Waals surface area (Å²) >= 11 is 0. The van der Waals surface area contributed by atoms with Crippen molar-refractivity contribution in [1.29, 1.82) is 0 Å². The lowest BCUT2D eigenvalue weighted by molar-refractivity contribution is 0.0242. The molecular weight excluding hydrogens is 242 g/mol. The lowest BCUT2D eigenvalue weighted by Gasteiger charge is -2.34. The van der Waals surface area contributed by atoms with E-state index in [2.05, 4.69) is 18.9 Å². The van der Waals surface area contributed by atoms with Gasteiger partial charge in [0.25, 0.3) is 5.91 Å². The van der Waals surface area contributed by atoms with E-state index in [-0.39, 0.29) is 11.8 Å². The highest BCUT2D eigenvalue weighted by molar-refractivity contribution is 5.92. The predicted octanol–water partition coefficient (Wildman–Crippen LogP) is 1.39.